The summed E-state index contributed by atoms with van der Waals surface area (Å²) < 4.78 is 5.66. The van der Waals surface area contributed by atoms with E-state index in [2.05, 4.69) is 5.32 Å². The summed E-state index contributed by atoms with van der Waals surface area (Å²) >= 11 is 0. The molecule has 0 aromatic carbocycles. The quantitative estimate of drug-likeness (QED) is 0.819. The van der Waals surface area contributed by atoms with Gasteiger partial charge < -0.3 is 20.1 Å². The number of nitrogens with zero attached hydrogens (tertiary/aromatic N) is 1. The molecule has 1 aliphatic rings. The smallest absolute Gasteiger partial charge is 0.317 e. The van der Waals surface area contributed by atoms with Crippen LogP contribution >= 0.6 is 0 Å². The summed E-state index contributed by atoms with van der Waals surface area (Å²) in [4.78, 5) is 13.8. The number of carbonyl (C=O) groups excluding carboxylic acids is 1. The van der Waals surface area contributed by atoms with Gasteiger partial charge in [-0.05, 0) is 47.5 Å². The van der Waals surface area contributed by atoms with Gasteiger partial charge in [0.25, 0.3) is 0 Å². The van der Waals surface area contributed by atoms with Crippen molar-refractivity contribution in [2.45, 2.75) is 71.3 Å². The number of rotatable bonds is 4. The van der Waals surface area contributed by atoms with Crippen LogP contribution in [-0.4, -0.2) is 53.0 Å². The molecule has 0 aliphatic carbocycles. The molecule has 2 N–H and O–H groups in total. The van der Waals surface area contributed by atoms with E-state index >= 15 is 0 Å². The van der Waals surface area contributed by atoms with Crippen LogP contribution in [0.4, 0.5) is 4.79 Å². The van der Waals surface area contributed by atoms with E-state index in [-0.39, 0.29) is 24.3 Å². The molecule has 112 valence electrons. The van der Waals surface area contributed by atoms with Crippen LogP contribution in [0, 0.1) is 0 Å². The summed E-state index contributed by atoms with van der Waals surface area (Å²) in [7, 11) is 0. The van der Waals surface area contributed by atoms with E-state index in [9.17, 15) is 9.90 Å². The lowest BCUT2D eigenvalue weighted by molar-refractivity contribution is -0.0411. The minimum atomic E-state index is -0.871. The molecule has 5 nitrogen and oxygen atoms in total. The van der Waals surface area contributed by atoms with Crippen LogP contribution in [0.3, 0.4) is 0 Å². The zero-order valence-corrected chi connectivity index (χ0v) is 12.8. The molecule has 0 aromatic rings. The Bertz CT molecular complexity index is 292. The number of hydrogen-bond donors (Lipinski definition) is 2. The van der Waals surface area contributed by atoms with E-state index in [0.717, 1.165) is 12.8 Å². The molecule has 2 unspecified atom stereocenters. The fraction of sp³-hybridized carbons (Fsp3) is 0.929. The van der Waals surface area contributed by atoms with Crippen LogP contribution < -0.4 is 5.32 Å². The molecule has 1 fully saturated rings. The van der Waals surface area contributed by atoms with Gasteiger partial charge in [-0.1, -0.05) is 0 Å². The fourth-order valence-corrected chi connectivity index (χ4v) is 2.58. The highest BCUT2D eigenvalue weighted by Crippen LogP contribution is 2.19. The van der Waals surface area contributed by atoms with Crippen LogP contribution in [0.1, 0.15) is 47.5 Å². The van der Waals surface area contributed by atoms with E-state index < -0.39 is 5.60 Å². The van der Waals surface area contributed by atoms with Gasteiger partial charge in [0.15, 0.2) is 0 Å². The van der Waals surface area contributed by atoms with Gasteiger partial charge in [-0.3, -0.25) is 0 Å². The lowest BCUT2D eigenvalue weighted by Crippen LogP contribution is -2.51. The number of urea groups is 1. The maximum atomic E-state index is 12.2. The lowest BCUT2D eigenvalue weighted by Gasteiger charge is -2.35. The largest absolute Gasteiger partial charge is 0.389 e. The molecule has 0 bridgehead atoms. The molecule has 0 spiro atoms. The Kier molecular flexibility index (Phi) is 5.62. The van der Waals surface area contributed by atoms with Crippen molar-refractivity contribution >= 4 is 6.03 Å². The average molecular weight is 272 g/mol. The standard InChI is InChI=1S/C14H28N2O3/c1-6-16(9-14(4,5)18)13(17)15-12-7-10(2)19-11(3)8-12/h10-12,18H,6-9H2,1-5H3,(H,15,17). The van der Waals surface area contributed by atoms with E-state index in [1.165, 1.54) is 0 Å². The second-order valence-corrected chi connectivity index (χ2v) is 6.20. The molecule has 1 saturated heterocycles. The second kappa shape index (κ2) is 6.57. The van der Waals surface area contributed by atoms with Crippen molar-refractivity contribution in [1.29, 1.82) is 0 Å². The number of ether oxygens (including phenoxy) is 1. The molecule has 2 atom stereocenters. The van der Waals surface area contributed by atoms with E-state index in [4.69, 9.17) is 4.74 Å². The molecular weight excluding hydrogens is 244 g/mol. The summed E-state index contributed by atoms with van der Waals surface area (Å²) in [5.41, 5.74) is -0.871. The first-order valence-corrected chi connectivity index (χ1v) is 7.14. The van der Waals surface area contributed by atoms with Crippen molar-refractivity contribution in [2.75, 3.05) is 13.1 Å². The Morgan fingerprint density at radius 2 is 1.89 bits per heavy atom. The molecular formula is C14H28N2O3. The maximum Gasteiger partial charge on any atom is 0.317 e. The predicted octanol–water partition coefficient (Wildman–Crippen LogP) is 1.74. The molecule has 1 aliphatic heterocycles. The van der Waals surface area contributed by atoms with Gasteiger partial charge in [0.1, 0.15) is 0 Å². The third kappa shape index (κ3) is 5.78. The van der Waals surface area contributed by atoms with Crippen LogP contribution in [0.25, 0.3) is 0 Å². The van der Waals surface area contributed by atoms with Gasteiger partial charge >= 0.3 is 6.03 Å². The van der Waals surface area contributed by atoms with E-state index in [1.54, 1.807) is 18.7 Å². The molecule has 5 heteroatoms. The van der Waals surface area contributed by atoms with Crippen molar-refractivity contribution in [3.8, 4) is 0 Å². The van der Waals surface area contributed by atoms with Gasteiger partial charge in [-0.15, -0.1) is 0 Å². The van der Waals surface area contributed by atoms with Crippen LogP contribution in [0.2, 0.25) is 0 Å². The maximum absolute atomic E-state index is 12.2. The minimum absolute atomic E-state index is 0.101. The first-order chi connectivity index (χ1) is 8.71. The van der Waals surface area contributed by atoms with Gasteiger partial charge in [0, 0.05) is 12.6 Å². The fourth-order valence-electron chi connectivity index (χ4n) is 2.58. The number of nitrogens with one attached hydrogen (secondary N) is 1. The molecule has 19 heavy (non-hydrogen) atoms. The minimum Gasteiger partial charge on any atom is -0.389 e. The van der Waals surface area contributed by atoms with Crippen molar-refractivity contribution < 1.29 is 14.6 Å². The van der Waals surface area contributed by atoms with E-state index in [1.807, 2.05) is 20.8 Å². The number of hydrogen-bond acceptors (Lipinski definition) is 3. The van der Waals surface area contributed by atoms with Gasteiger partial charge in [-0.2, -0.15) is 0 Å². The van der Waals surface area contributed by atoms with Crippen LogP contribution in [0.15, 0.2) is 0 Å². The highest BCUT2D eigenvalue weighted by Gasteiger charge is 2.28. The monoisotopic (exact) mass is 272 g/mol. The van der Waals surface area contributed by atoms with Crippen molar-refractivity contribution in [3.63, 3.8) is 0 Å². The highest BCUT2D eigenvalue weighted by molar-refractivity contribution is 5.74. The average Bonchev–Trinajstić information content (AvgIpc) is 2.22. The molecule has 0 aromatic heterocycles. The predicted molar refractivity (Wildman–Crippen MR) is 75.1 cm³/mol. The zero-order valence-electron chi connectivity index (χ0n) is 12.8. The number of amides is 2. The number of carbonyl (C=O) groups is 1. The van der Waals surface area contributed by atoms with Gasteiger partial charge in [0.2, 0.25) is 0 Å². The van der Waals surface area contributed by atoms with Gasteiger partial charge in [0.05, 0.1) is 24.4 Å². The Morgan fingerprint density at radius 3 is 2.32 bits per heavy atom. The van der Waals surface area contributed by atoms with E-state index in [0.29, 0.717) is 13.1 Å². The Hall–Kier alpha value is -0.810. The zero-order chi connectivity index (χ0) is 14.6. The third-order valence-corrected chi connectivity index (χ3v) is 3.27. The number of likely N-dealkylation sites (N-methyl/N-ethyl adjacent to an activating group) is 1. The Labute approximate surface area is 116 Å². The summed E-state index contributed by atoms with van der Waals surface area (Å²) in [5.74, 6) is 0. The normalized spacial score (nSPS) is 28.0. The number of aliphatic hydroxyl groups is 1. The molecule has 1 heterocycles. The Balaban J connectivity index is 2.52. The SMILES string of the molecule is CCN(CC(C)(C)O)C(=O)NC1CC(C)OC(C)C1. The topological polar surface area (TPSA) is 61.8 Å². The van der Waals surface area contributed by atoms with Crippen LogP contribution in [0.5, 0.6) is 0 Å². The molecule has 0 radical (unpaired) electrons. The first kappa shape index (κ1) is 16.2. The summed E-state index contributed by atoms with van der Waals surface area (Å²) in [6.45, 7) is 10.3. The third-order valence-electron chi connectivity index (χ3n) is 3.27. The highest BCUT2D eigenvalue weighted by atomic mass is 16.5. The lowest BCUT2D eigenvalue weighted by atomic mass is 10.00. The second-order valence-electron chi connectivity index (χ2n) is 6.20. The Morgan fingerprint density at radius 1 is 1.37 bits per heavy atom. The van der Waals surface area contributed by atoms with Gasteiger partial charge in [-0.25, -0.2) is 4.79 Å². The summed E-state index contributed by atoms with van der Waals surface area (Å²) in [5, 5.41) is 12.9. The molecule has 0 saturated carbocycles. The van der Waals surface area contributed by atoms with Crippen molar-refractivity contribution in [3.05, 3.63) is 0 Å². The van der Waals surface area contributed by atoms with Crippen LogP contribution in [-0.2, 0) is 4.74 Å². The summed E-state index contributed by atoms with van der Waals surface area (Å²) in [6.07, 6.45) is 2.04. The van der Waals surface area contributed by atoms with Crippen molar-refractivity contribution in [1.82, 2.24) is 10.2 Å². The van der Waals surface area contributed by atoms with Crippen molar-refractivity contribution in [2.24, 2.45) is 0 Å². The summed E-state index contributed by atoms with van der Waals surface area (Å²) in [6, 6.07) is 0.0537. The molecule has 2 amide bonds. The molecule has 1 rings (SSSR count). The first-order valence-electron chi connectivity index (χ1n) is 7.14.